The number of nitrogens with zero attached hydrogens (tertiary/aromatic N) is 3. The molecule has 0 radical (unpaired) electrons. The van der Waals surface area contributed by atoms with E-state index < -0.39 is 79.1 Å². The van der Waals surface area contributed by atoms with Gasteiger partial charge in [-0.15, -0.1) is 34.9 Å². The number of ketones is 1. The van der Waals surface area contributed by atoms with Gasteiger partial charge in [-0.05, 0) is 26.0 Å². The number of phenolic OH excluding ortho intramolecular Hbond substituents is 2. The number of aromatic nitrogens is 1. The number of aromatic hydroxyl groups is 2. The van der Waals surface area contributed by atoms with E-state index in [1.54, 1.807) is 0 Å². The van der Waals surface area contributed by atoms with E-state index in [1.807, 2.05) is 0 Å². The van der Waals surface area contributed by atoms with E-state index in [0.717, 1.165) is 47.0 Å². The molecule has 1 aromatic heterocycles. The van der Waals surface area contributed by atoms with Gasteiger partial charge in [-0.3, -0.25) is 19.2 Å². The summed E-state index contributed by atoms with van der Waals surface area (Å²) >= 11 is 8.82. The lowest BCUT2D eigenvalue weighted by Crippen LogP contribution is -2.68. The summed E-state index contributed by atoms with van der Waals surface area (Å²) in [5.41, 5.74) is 3.07. The highest BCUT2D eigenvalue weighted by molar-refractivity contribution is 8.18. The third-order valence-corrected chi connectivity index (χ3v) is 11.1. The molecule has 0 aliphatic carbocycles. The van der Waals surface area contributed by atoms with Crippen molar-refractivity contribution in [2.45, 2.75) is 41.2 Å². The van der Waals surface area contributed by atoms with Crippen molar-refractivity contribution in [2.24, 2.45) is 5.16 Å². The number of carbonyl (C=O) groups is 5. The number of oxime groups is 1. The van der Waals surface area contributed by atoms with Gasteiger partial charge in [0.15, 0.2) is 28.6 Å². The number of aliphatic hydroxyl groups is 2. The number of nitrogen functional groups attached to an aromatic ring is 1. The van der Waals surface area contributed by atoms with E-state index in [2.05, 4.69) is 20.8 Å². The molecule has 248 valence electrons. The molecule has 46 heavy (non-hydrogen) atoms. The lowest BCUT2D eigenvalue weighted by atomic mass is 10.1. The van der Waals surface area contributed by atoms with E-state index >= 15 is 0 Å². The number of nitrogens with one attached hydrogen (secondary N) is 2. The zero-order valence-corrected chi connectivity index (χ0v) is 27.0. The molecule has 0 saturated carbocycles. The van der Waals surface area contributed by atoms with E-state index in [9.17, 15) is 49.5 Å². The molecule has 9 N–H and O–H groups in total. The molecule has 3 atom stereocenters. The van der Waals surface area contributed by atoms with Crippen LogP contribution in [0.15, 0.2) is 22.7 Å². The zero-order chi connectivity index (χ0) is 34.1. The summed E-state index contributed by atoms with van der Waals surface area (Å²) in [6, 6.07) is 0.941. The number of carbonyl (C=O) groups excluding carboxylic acids is 4. The average molecular weight is 719 g/mol. The molecule has 2 fully saturated rings. The highest BCUT2D eigenvalue weighted by atomic mass is 35.5. The standard InChI is InChI=1S/C25H27ClN6O11S3/c1-24(2,21(39)40)43-31-13(10-7-44-23(27)29-10)17(36)30-14-19(38)32-8-25(22(41)42,46-20(14)32)45-6-5-28-18(37)15(34)9-3-4-11(33)16(35)12(9)26/h3-4,7,14,20,22,33,35,41-42H,5-6,8H2,1-2H3,(H2,27,29)(H,28,37)(H,30,36)(H,39,40)/b31-13-/t14-,20-,25-/m1/s1. The fourth-order valence-corrected chi connectivity index (χ4v) is 7.97. The molecule has 0 unspecified atom stereocenters. The van der Waals surface area contributed by atoms with Crippen molar-refractivity contribution >= 4 is 86.8 Å². The second-order valence-corrected chi connectivity index (χ2v) is 14.7. The van der Waals surface area contributed by atoms with Crippen molar-refractivity contribution < 1.29 is 54.3 Å². The Bertz CT molecular complexity index is 1620. The van der Waals surface area contributed by atoms with Crippen molar-refractivity contribution in [3.8, 4) is 11.5 Å². The van der Waals surface area contributed by atoms with Crippen LogP contribution in [0.2, 0.25) is 5.02 Å². The van der Waals surface area contributed by atoms with Gasteiger partial charge in [0.25, 0.3) is 17.6 Å². The second-order valence-electron chi connectivity index (χ2n) is 10.3. The third kappa shape index (κ3) is 6.95. The topological polar surface area (TPSA) is 274 Å². The minimum Gasteiger partial charge on any atom is -0.504 e. The molecule has 4 rings (SSSR count). The summed E-state index contributed by atoms with van der Waals surface area (Å²) < 4.78 is -1.39. The summed E-state index contributed by atoms with van der Waals surface area (Å²) in [6.07, 6.45) is -1.95. The van der Waals surface area contributed by atoms with Crippen LogP contribution < -0.4 is 16.4 Å². The number of carboxylic acids is 1. The number of phenols is 2. The number of thioether (sulfide) groups is 2. The number of aliphatic carboxylic acids is 1. The number of anilines is 1. The van der Waals surface area contributed by atoms with Crippen LogP contribution in [0.4, 0.5) is 5.13 Å². The van der Waals surface area contributed by atoms with Crippen LogP contribution in [-0.2, 0) is 24.0 Å². The van der Waals surface area contributed by atoms with Crippen molar-refractivity contribution in [1.82, 2.24) is 20.5 Å². The van der Waals surface area contributed by atoms with Crippen molar-refractivity contribution in [3.05, 3.63) is 33.8 Å². The minimum absolute atomic E-state index is 0.0235. The number of Topliss-reactive ketones (excluding diaryl/α,β-unsaturated/α-hetero) is 1. The number of aliphatic hydroxyl groups excluding tert-OH is 1. The predicted molar refractivity (Wildman–Crippen MR) is 166 cm³/mol. The molecule has 1 aromatic carbocycles. The molecule has 3 amide bonds. The Morgan fingerprint density at radius 2 is 1.98 bits per heavy atom. The number of halogens is 1. The number of nitrogens with two attached hydrogens (primary N) is 1. The van der Waals surface area contributed by atoms with Crippen LogP contribution in [0.3, 0.4) is 0 Å². The first-order valence-electron chi connectivity index (χ1n) is 13.0. The number of fused-ring (bicyclic) bond motifs is 1. The van der Waals surface area contributed by atoms with E-state index in [0.29, 0.717) is 0 Å². The van der Waals surface area contributed by atoms with Crippen LogP contribution >= 0.6 is 46.5 Å². The monoisotopic (exact) mass is 718 g/mol. The number of β-lactam (4-membered cyclic amide) rings is 1. The summed E-state index contributed by atoms with van der Waals surface area (Å²) in [5.74, 6) is -6.23. The molecule has 2 saturated heterocycles. The molecule has 17 nitrogen and oxygen atoms in total. The number of rotatable bonds is 13. The normalized spacial score (nSPS) is 21.0. The van der Waals surface area contributed by atoms with Crippen LogP contribution in [-0.4, -0.2) is 117 Å². The Balaban J connectivity index is 1.39. The maximum absolute atomic E-state index is 13.2. The molecule has 2 aliphatic heterocycles. The summed E-state index contributed by atoms with van der Waals surface area (Å²) in [6.45, 7) is 2.17. The number of hydrogen-bond donors (Lipinski definition) is 8. The van der Waals surface area contributed by atoms with E-state index in [4.69, 9.17) is 22.2 Å². The van der Waals surface area contributed by atoms with Crippen LogP contribution in [0.25, 0.3) is 0 Å². The Hall–Kier alpha value is -3.82. The quantitative estimate of drug-likeness (QED) is 0.0190. The van der Waals surface area contributed by atoms with Crippen molar-refractivity contribution in [1.29, 1.82) is 0 Å². The molecular formula is C25H27ClN6O11S3. The van der Waals surface area contributed by atoms with Gasteiger partial charge in [-0.2, -0.15) is 0 Å². The minimum atomic E-state index is -1.95. The lowest BCUT2D eigenvalue weighted by Gasteiger charge is -2.41. The van der Waals surface area contributed by atoms with Gasteiger partial charge in [0, 0.05) is 17.7 Å². The largest absolute Gasteiger partial charge is 0.504 e. The summed E-state index contributed by atoms with van der Waals surface area (Å²) in [4.78, 5) is 72.8. The van der Waals surface area contributed by atoms with Crippen LogP contribution in [0.5, 0.6) is 11.5 Å². The third-order valence-electron chi connectivity index (χ3n) is 6.67. The van der Waals surface area contributed by atoms with Gasteiger partial charge in [0.05, 0.1) is 17.1 Å². The highest BCUT2D eigenvalue weighted by Crippen LogP contribution is 2.53. The first-order valence-corrected chi connectivity index (χ1v) is 16.1. The zero-order valence-electron chi connectivity index (χ0n) is 23.8. The maximum Gasteiger partial charge on any atom is 0.350 e. The van der Waals surface area contributed by atoms with Crippen molar-refractivity contribution in [2.75, 3.05) is 24.6 Å². The SMILES string of the molecule is CC(C)(O/N=C(\C(=O)N[C@@H]1C(=O)N2C[C@](SCCNC(=O)C(=O)c3ccc(O)c(O)c3Cl)(C(O)O)S[C@H]12)c1csc(N)n1)C(=O)O. The summed E-state index contributed by atoms with van der Waals surface area (Å²) in [5, 5.41) is 57.8. The Morgan fingerprint density at radius 1 is 1.28 bits per heavy atom. The Morgan fingerprint density at radius 3 is 2.59 bits per heavy atom. The molecule has 2 aliphatic rings. The second kappa shape index (κ2) is 13.5. The number of carboxylic acid groups (broad SMARTS) is 1. The highest BCUT2D eigenvalue weighted by Gasteiger charge is 2.62. The first-order chi connectivity index (χ1) is 21.5. The summed E-state index contributed by atoms with van der Waals surface area (Å²) in [7, 11) is 0. The fraction of sp³-hybridized carbons (Fsp3) is 0.400. The van der Waals surface area contributed by atoms with E-state index in [-0.39, 0.29) is 35.2 Å². The maximum atomic E-state index is 13.2. The smallest absolute Gasteiger partial charge is 0.350 e. The van der Waals surface area contributed by atoms with Gasteiger partial charge < -0.3 is 51.6 Å². The molecular weight excluding hydrogens is 692 g/mol. The predicted octanol–water partition coefficient (Wildman–Crippen LogP) is -0.487. The first kappa shape index (κ1) is 35.0. The van der Waals surface area contributed by atoms with Crippen molar-refractivity contribution in [3.63, 3.8) is 0 Å². The average Bonchev–Trinajstić information content (AvgIpc) is 3.59. The molecule has 3 heterocycles. The van der Waals surface area contributed by atoms with Gasteiger partial charge in [0.2, 0.25) is 11.5 Å². The van der Waals surface area contributed by atoms with Gasteiger partial charge in [-0.25, -0.2) is 9.78 Å². The Kier molecular flexibility index (Phi) is 10.3. The van der Waals surface area contributed by atoms with Gasteiger partial charge >= 0.3 is 5.97 Å². The number of benzene rings is 1. The van der Waals surface area contributed by atoms with E-state index in [1.165, 1.54) is 24.1 Å². The Labute approximate surface area is 277 Å². The van der Waals surface area contributed by atoms with Gasteiger partial charge in [-0.1, -0.05) is 16.8 Å². The molecule has 21 heteroatoms. The number of thiazole rings is 1. The molecule has 0 bridgehead atoms. The molecule has 2 aromatic rings. The van der Waals surface area contributed by atoms with Gasteiger partial charge in [0.1, 0.15) is 21.2 Å². The van der Waals surface area contributed by atoms with Crippen LogP contribution in [0.1, 0.15) is 29.9 Å². The fourth-order valence-electron chi connectivity index (χ4n) is 4.06. The number of amides is 3. The number of hydrogen-bond acceptors (Lipinski definition) is 16. The molecule has 0 spiro atoms. The van der Waals surface area contributed by atoms with Crippen LogP contribution in [0, 0.1) is 0 Å². The lowest BCUT2D eigenvalue weighted by molar-refractivity contribution is -0.161.